The fraction of sp³-hybridized carbons (Fsp3) is 0.214. The molecule has 0 aliphatic heterocycles. The second-order valence-electron chi connectivity index (χ2n) is 4.65. The number of rotatable bonds is 6. The van der Waals surface area contributed by atoms with Crippen molar-refractivity contribution in [3.8, 4) is 0 Å². The number of fused-ring (bicyclic) bond motifs is 1. The lowest BCUT2D eigenvalue weighted by atomic mass is 10.1. The van der Waals surface area contributed by atoms with E-state index in [-0.39, 0.29) is 12.8 Å². The Hall–Kier alpha value is -2.83. The zero-order valence-electron chi connectivity index (χ0n) is 11.1. The van der Waals surface area contributed by atoms with Gasteiger partial charge < -0.3 is 21.1 Å². The number of H-pyrrole nitrogens is 1. The number of nitrogens with one attached hydrogen (secondary N) is 2. The molecule has 0 radical (unpaired) electrons. The van der Waals surface area contributed by atoms with Crippen LogP contribution in [-0.4, -0.2) is 33.9 Å². The molecule has 0 aliphatic carbocycles. The highest BCUT2D eigenvalue weighted by atomic mass is 16.4. The largest absolute Gasteiger partial charge is 0.480 e. The minimum Gasteiger partial charge on any atom is -0.480 e. The van der Waals surface area contributed by atoms with Crippen molar-refractivity contribution in [2.75, 3.05) is 0 Å². The van der Waals surface area contributed by atoms with Crippen LogP contribution in [0.25, 0.3) is 10.9 Å². The van der Waals surface area contributed by atoms with E-state index >= 15 is 0 Å². The lowest BCUT2D eigenvalue weighted by Gasteiger charge is -2.13. The lowest BCUT2D eigenvalue weighted by molar-refractivity contribution is -0.139. The molecule has 2 aromatic rings. The van der Waals surface area contributed by atoms with Gasteiger partial charge in [-0.15, -0.1) is 0 Å². The molecule has 1 heterocycles. The third-order valence-corrected chi connectivity index (χ3v) is 3.10. The van der Waals surface area contributed by atoms with Gasteiger partial charge in [-0.05, 0) is 30.0 Å². The topological polar surface area (TPSA) is 125 Å². The van der Waals surface area contributed by atoms with E-state index in [0.29, 0.717) is 5.56 Å². The van der Waals surface area contributed by atoms with Crippen LogP contribution in [0.3, 0.4) is 0 Å². The van der Waals surface area contributed by atoms with Gasteiger partial charge in [0.1, 0.15) is 6.04 Å². The number of hydrogen-bond donors (Lipinski definition) is 4. The first-order chi connectivity index (χ1) is 9.97. The first-order valence-electron chi connectivity index (χ1n) is 6.36. The van der Waals surface area contributed by atoms with Crippen LogP contribution in [0.5, 0.6) is 0 Å². The van der Waals surface area contributed by atoms with Gasteiger partial charge in [0, 0.05) is 23.7 Å². The zero-order valence-corrected chi connectivity index (χ0v) is 11.1. The standard InChI is InChI=1S/C14H15N3O4/c15-12(18)4-3-10(14(20)21)17-13(19)9-2-1-8-5-6-16-11(8)7-9/h1-2,5-7,10,16H,3-4H2,(H2,15,18)(H,17,19)(H,20,21). The van der Waals surface area contributed by atoms with Gasteiger partial charge in [0.2, 0.25) is 5.91 Å². The number of carbonyl (C=O) groups excluding carboxylic acids is 2. The maximum Gasteiger partial charge on any atom is 0.326 e. The number of hydrogen-bond acceptors (Lipinski definition) is 3. The van der Waals surface area contributed by atoms with Crippen LogP contribution in [0.15, 0.2) is 30.5 Å². The maximum absolute atomic E-state index is 12.1. The van der Waals surface area contributed by atoms with E-state index in [2.05, 4.69) is 10.3 Å². The number of aliphatic carboxylic acids is 1. The molecule has 0 spiro atoms. The van der Waals surface area contributed by atoms with Crippen LogP contribution in [0.4, 0.5) is 0 Å². The summed E-state index contributed by atoms with van der Waals surface area (Å²) in [6.45, 7) is 0. The number of benzene rings is 1. The van der Waals surface area contributed by atoms with Crippen molar-refractivity contribution in [2.24, 2.45) is 5.73 Å². The summed E-state index contributed by atoms with van der Waals surface area (Å²) in [7, 11) is 0. The quantitative estimate of drug-likeness (QED) is 0.621. The molecule has 1 atom stereocenters. The van der Waals surface area contributed by atoms with Gasteiger partial charge in [0.25, 0.3) is 5.91 Å². The van der Waals surface area contributed by atoms with Crippen molar-refractivity contribution in [2.45, 2.75) is 18.9 Å². The molecular formula is C14H15N3O4. The fourth-order valence-electron chi connectivity index (χ4n) is 1.97. The zero-order chi connectivity index (χ0) is 15.4. The van der Waals surface area contributed by atoms with E-state index in [0.717, 1.165) is 10.9 Å². The molecule has 0 aliphatic rings. The Morgan fingerprint density at radius 1 is 1.29 bits per heavy atom. The Labute approximate surface area is 120 Å². The predicted octanol–water partition coefficient (Wildman–Crippen LogP) is 0.616. The molecular weight excluding hydrogens is 274 g/mol. The Kier molecular flexibility index (Phi) is 4.22. The molecule has 21 heavy (non-hydrogen) atoms. The summed E-state index contributed by atoms with van der Waals surface area (Å²) in [5.74, 6) is -2.32. The van der Waals surface area contributed by atoms with Crippen molar-refractivity contribution < 1.29 is 19.5 Å². The average molecular weight is 289 g/mol. The highest BCUT2D eigenvalue weighted by Crippen LogP contribution is 2.14. The predicted molar refractivity (Wildman–Crippen MR) is 75.6 cm³/mol. The Balaban J connectivity index is 2.10. The van der Waals surface area contributed by atoms with Crippen LogP contribution in [-0.2, 0) is 9.59 Å². The number of carbonyl (C=O) groups is 3. The van der Waals surface area contributed by atoms with Crippen LogP contribution >= 0.6 is 0 Å². The first-order valence-corrected chi connectivity index (χ1v) is 6.36. The Bertz CT molecular complexity index is 692. The van der Waals surface area contributed by atoms with Gasteiger partial charge in [-0.1, -0.05) is 6.07 Å². The van der Waals surface area contributed by atoms with Crippen LogP contribution < -0.4 is 11.1 Å². The minimum absolute atomic E-state index is 0.0405. The normalized spacial score (nSPS) is 12.0. The van der Waals surface area contributed by atoms with Crippen molar-refractivity contribution in [3.63, 3.8) is 0 Å². The SMILES string of the molecule is NC(=O)CCC(NC(=O)c1ccc2cc[nH]c2c1)C(=O)O. The van der Waals surface area contributed by atoms with Crippen molar-refractivity contribution in [1.82, 2.24) is 10.3 Å². The van der Waals surface area contributed by atoms with Crippen molar-refractivity contribution >= 4 is 28.7 Å². The Morgan fingerprint density at radius 3 is 2.71 bits per heavy atom. The highest BCUT2D eigenvalue weighted by Gasteiger charge is 2.21. The second kappa shape index (κ2) is 6.08. The molecule has 1 unspecified atom stereocenters. The molecule has 0 saturated carbocycles. The third kappa shape index (κ3) is 3.59. The molecule has 5 N–H and O–H groups in total. The molecule has 0 saturated heterocycles. The van der Waals surface area contributed by atoms with Gasteiger partial charge in [0.05, 0.1) is 0 Å². The summed E-state index contributed by atoms with van der Waals surface area (Å²) < 4.78 is 0. The second-order valence-corrected chi connectivity index (χ2v) is 4.65. The summed E-state index contributed by atoms with van der Waals surface area (Å²) in [6.07, 6.45) is 1.60. The molecule has 1 aromatic carbocycles. The molecule has 1 aromatic heterocycles. The molecule has 0 fully saturated rings. The summed E-state index contributed by atoms with van der Waals surface area (Å²) in [5, 5.41) is 12.4. The highest BCUT2D eigenvalue weighted by molar-refractivity contribution is 5.99. The van der Waals surface area contributed by atoms with Crippen LogP contribution in [0.1, 0.15) is 23.2 Å². The summed E-state index contributed by atoms with van der Waals surface area (Å²) in [4.78, 5) is 36.8. The number of nitrogens with two attached hydrogens (primary N) is 1. The van der Waals surface area contributed by atoms with E-state index < -0.39 is 23.8 Å². The van der Waals surface area contributed by atoms with Crippen LogP contribution in [0, 0.1) is 0 Å². The number of carboxylic acid groups (broad SMARTS) is 1. The van der Waals surface area contributed by atoms with E-state index in [1.807, 2.05) is 6.07 Å². The van der Waals surface area contributed by atoms with Crippen molar-refractivity contribution in [1.29, 1.82) is 0 Å². The lowest BCUT2D eigenvalue weighted by Crippen LogP contribution is -2.41. The molecule has 7 heteroatoms. The smallest absolute Gasteiger partial charge is 0.326 e. The Morgan fingerprint density at radius 2 is 2.05 bits per heavy atom. The molecule has 2 amide bonds. The fourth-order valence-corrected chi connectivity index (χ4v) is 1.97. The van der Waals surface area contributed by atoms with Crippen molar-refractivity contribution in [3.05, 3.63) is 36.0 Å². The summed E-state index contributed by atoms with van der Waals surface area (Å²) in [6, 6.07) is 5.73. The van der Waals surface area contributed by atoms with Gasteiger partial charge in [-0.25, -0.2) is 4.79 Å². The van der Waals surface area contributed by atoms with E-state index in [9.17, 15) is 14.4 Å². The molecule has 7 nitrogen and oxygen atoms in total. The number of primary amides is 1. The van der Waals surface area contributed by atoms with Gasteiger partial charge in [0.15, 0.2) is 0 Å². The maximum atomic E-state index is 12.1. The first kappa shape index (κ1) is 14.6. The number of aromatic nitrogens is 1. The van der Waals surface area contributed by atoms with E-state index in [4.69, 9.17) is 10.8 Å². The molecule has 0 bridgehead atoms. The van der Waals surface area contributed by atoms with Crippen LogP contribution in [0.2, 0.25) is 0 Å². The molecule has 110 valence electrons. The number of aromatic amines is 1. The van der Waals surface area contributed by atoms with Gasteiger partial charge in [-0.3, -0.25) is 9.59 Å². The number of carboxylic acids is 1. The molecule has 2 rings (SSSR count). The third-order valence-electron chi connectivity index (χ3n) is 3.10. The van der Waals surface area contributed by atoms with E-state index in [1.54, 1.807) is 24.4 Å². The van der Waals surface area contributed by atoms with E-state index in [1.165, 1.54) is 0 Å². The minimum atomic E-state index is -1.20. The van der Waals surface area contributed by atoms with Gasteiger partial charge >= 0.3 is 5.97 Å². The summed E-state index contributed by atoms with van der Waals surface area (Å²) >= 11 is 0. The average Bonchev–Trinajstić information content (AvgIpc) is 2.89. The number of amides is 2. The van der Waals surface area contributed by atoms with Gasteiger partial charge in [-0.2, -0.15) is 0 Å². The summed E-state index contributed by atoms with van der Waals surface area (Å²) in [5.41, 5.74) is 6.11. The monoisotopic (exact) mass is 289 g/mol.